The van der Waals surface area contributed by atoms with Crippen LogP contribution in [0.15, 0.2) is 16.6 Å². The number of hydrogen-bond acceptors (Lipinski definition) is 2. The molecule has 1 aromatic rings. The van der Waals surface area contributed by atoms with E-state index in [1.54, 1.807) is 0 Å². The van der Waals surface area contributed by atoms with Crippen LogP contribution in [0.2, 0.25) is 0 Å². The lowest BCUT2D eigenvalue weighted by Crippen LogP contribution is -2.17. The monoisotopic (exact) mass is 279 g/mol. The SMILES string of the molecule is OCCCNCc1c(F)cc(Br)cc1F. The maximum absolute atomic E-state index is 13.3. The van der Waals surface area contributed by atoms with E-state index in [4.69, 9.17) is 5.11 Å². The fraction of sp³-hybridized carbons (Fsp3) is 0.400. The molecule has 15 heavy (non-hydrogen) atoms. The maximum atomic E-state index is 13.3. The lowest BCUT2D eigenvalue weighted by atomic mass is 10.2. The van der Waals surface area contributed by atoms with Crippen LogP contribution in [-0.4, -0.2) is 18.3 Å². The molecule has 0 radical (unpaired) electrons. The molecular weight excluding hydrogens is 268 g/mol. The Hall–Kier alpha value is -0.520. The van der Waals surface area contributed by atoms with E-state index >= 15 is 0 Å². The number of nitrogens with one attached hydrogen (secondary N) is 1. The second-order valence-electron chi connectivity index (χ2n) is 3.10. The number of aliphatic hydroxyl groups is 1. The summed E-state index contributed by atoms with van der Waals surface area (Å²) in [5, 5.41) is 11.4. The van der Waals surface area contributed by atoms with Gasteiger partial charge in [-0.25, -0.2) is 8.78 Å². The summed E-state index contributed by atoms with van der Waals surface area (Å²) in [5.74, 6) is -1.14. The van der Waals surface area contributed by atoms with E-state index in [2.05, 4.69) is 21.2 Å². The van der Waals surface area contributed by atoms with Crippen molar-refractivity contribution in [2.45, 2.75) is 13.0 Å². The Morgan fingerprint density at radius 2 is 1.87 bits per heavy atom. The van der Waals surface area contributed by atoms with E-state index < -0.39 is 11.6 Å². The van der Waals surface area contributed by atoms with Crippen molar-refractivity contribution >= 4 is 15.9 Å². The molecule has 1 aromatic carbocycles. The molecule has 5 heteroatoms. The number of halogens is 3. The molecule has 0 aliphatic heterocycles. The predicted octanol–water partition coefficient (Wildman–Crippen LogP) is 2.20. The average Bonchev–Trinajstić information content (AvgIpc) is 2.15. The van der Waals surface area contributed by atoms with Gasteiger partial charge in [-0.05, 0) is 25.1 Å². The first-order valence-electron chi connectivity index (χ1n) is 4.60. The molecule has 0 aromatic heterocycles. The fourth-order valence-electron chi connectivity index (χ4n) is 1.16. The number of rotatable bonds is 5. The molecule has 0 aliphatic rings. The first-order chi connectivity index (χ1) is 7.15. The van der Waals surface area contributed by atoms with Gasteiger partial charge < -0.3 is 10.4 Å². The lowest BCUT2D eigenvalue weighted by molar-refractivity contribution is 0.285. The van der Waals surface area contributed by atoms with E-state index in [0.29, 0.717) is 17.4 Å². The van der Waals surface area contributed by atoms with Crippen LogP contribution in [0.1, 0.15) is 12.0 Å². The Bertz CT molecular complexity index is 310. The van der Waals surface area contributed by atoms with Crippen LogP contribution in [0, 0.1) is 11.6 Å². The van der Waals surface area contributed by atoms with Gasteiger partial charge in [0.05, 0.1) is 0 Å². The van der Waals surface area contributed by atoms with E-state index in [-0.39, 0.29) is 18.7 Å². The predicted molar refractivity (Wildman–Crippen MR) is 57.5 cm³/mol. The largest absolute Gasteiger partial charge is 0.396 e. The van der Waals surface area contributed by atoms with Crippen molar-refractivity contribution in [3.8, 4) is 0 Å². The van der Waals surface area contributed by atoms with Crippen molar-refractivity contribution in [3.63, 3.8) is 0 Å². The van der Waals surface area contributed by atoms with Crippen molar-refractivity contribution in [2.75, 3.05) is 13.2 Å². The fourth-order valence-corrected chi connectivity index (χ4v) is 1.56. The summed E-state index contributed by atoms with van der Waals surface area (Å²) in [6, 6.07) is 2.46. The Kier molecular flexibility index (Phi) is 5.14. The summed E-state index contributed by atoms with van der Waals surface area (Å²) in [4.78, 5) is 0. The third-order valence-electron chi connectivity index (χ3n) is 1.92. The summed E-state index contributed by atoms with van der Waals surface area (Å²) >= 11 is 3.01. The third kappa shape index (κ3) is 3.85. The van der Waals surface area contributed by atoms with Gasteiger partial charge in [0.25, 0.3) is 0 Å². The maximum Gasteiger partial charge on any atom is 0.131 e. The highest BCUT2D eigenvalue weighted by Gasteiger charge is 2.09. The molecule has 2 N–H and O–H groups in total. The minimum atomic E-state index is -0.571. The average molecular weight is 280 g/mol. The molecule has 0 heterocycles. The molecule has 0 fully saturated rings. The molecule has 84 valence electrons. The second kappa shape index (κ2) is 6.15. The van der Waals surface area contributed by atoms with Crippen molar-refractivity contribution in [1.29, 1.82) is 0 Å². The standard InChI is InChI=1S/C10H12BrF2NO/c11-7-4-9(12)8(10(13)5-7)6-14-2-1-3-15/h4-5,14-15H,1-3,6H2. The normalized spacial score (nSPS) is 10.7. The molecule has 0 unspecified atom stereocenters. The third-order valence-corrected chi connectivity index (χ3v) is 2.38. The first kappa shape index (κ1) is 12.5. The van der Waals surface area contributed by atoms with Crippen LogP contribution >= 0.6 is 15.9 Å². The molecule has 0 saturated carbocycles. The van der Waals surface area contributed by atoms with Gasteiger partial charge in [0.1, 0.15) is 11.6 Å². The molecular formula is C10H12BrF2NO. The molecule has 0 aliphatic carbocycles. The van der Waals surface area contributed by atoms with Crippen LogP contribution in [0.5, 0.6) is 0 Å². The minimum Gasteiger partial charge on any atom is -0.396 e. The highest BCUT2D eigenvalue weighted by molar-refractivity contribution is 9.10. The van der Waals surface area contributed by atoms with Gasteiger partial charge in [-0.1, -0.05) is 15.9 Å². The van der Waals surface area contributed by atoms with Gasteiger partial charge in [-0.3, -0.25) is 0 Å². The Morgan fingerprint density at radius 1 is 1.27 bits per heavy atom. The van der Waals surface area contributed by atoms with Crippen molar-refractivity contribution in [1.82, 2.24) is 5.32 Å². The van der Waals surface area contributed by atoms with E-state index in [9.17, 15) is 8.78 Å². The summed E-state index contributed by atoms with van der Waals surface area (Å²) in [6.07, 6.45) is 0.569. The summed E-state index contributed by atoms with van der Waals surface area (Å²) < 4.78 is 26.9. The molecule has 1 rings (SSSR count). The smallest absolute Gasteiger partial charge is 0.131 e. The Morgan fingerprint density at radius 3 is 2.40 bits per heavy atom. The van der Waals surface area contributed by atoms with Gasteiger partial charge >= 0.3 is 0 Å². The number of benzene rings is 1. The van der Waals surface area contributed by atoms with Crippen LogP contribution in [0.25, 0.3) is 0 Å². The molecule has 0 atom stereocenters. The molecule has 0 bridgehead atoms. The zero-order valence-corrected chi connectivity index (χ0v) is 9.65. The second-order valence-corrected chi connectivity index (χ2v) is 4.02. The molecule has 2 nitrogen and oxygen atoms in total. The van der Waals surface area contributed by atoms with Crippen LogP contribution in [0.4, 0.5) is 8.78 Å². The van der Waals surface area contributed by atoms with Gasteiger partial charge in [0, 0.05) is 23.2 Å². The minimum absolute atomic E-state index is 0.0242. The topological polar surface area (TPSA) is 32.3 Å². The van der Waals surface area contributed by atoms with Gasteiger partial charge in [-0.2, -0.15) is 0 Å². The number of hydrogen-bond donors (Lipinski definition) is 2. The lowest BCUT2D eigenvalue weighted by Gasteiger charge is -2.07. The zero-order chi connectivity index (χ0) is 11.3. The Balaban J connectivity index is 2.60. The quantitative estimate of drug-likeness (QED) is 0.810. The van der Waals surface area contributed by atoms with Gasteiger partial charge in [0.15, 0.2) is 0 Å². The van der Waals surface area contributed by atoms with Gasteiger partial charge in [0.2, 0.25) is 0 Å². The van der Waals surface area contributed by atoms with Crippen LogP contribution < -0.4 is 5.32 Å². The molecule has 0 spiro atoms. The van der Waals surface area contributed by atoms with Crippen molar-refractivity contribution in [2.24, 2.45) is 0 Å². The summed E-state index contributed by atoms with van der Waals surface area (Å²) in [6.45, 7) is 0.731. The Labute approximate surface area is 95.4 Å². The van der Waals surface area contributed by atoms with Crippen molar-refractivity contribution in [3.05, 3.63) is 33.8 Å². The van der Waals surface area contributed by atoms with Crippen LogP contribution in [0.3, 0.4) is 0 Å². The number of aliphatic hydroxyl groups excluding tert-OH is 1. The zero-order valence-electron chi connectivity index (χ0n) is 8.06. The highest BCUT2D eigenvalue weighted by atomic mass is 79.9. The first-order valence-corrected chi connectivity index (χ1v) is 5.39. The van der Waals surface area contributed by atoms with Crippen molar-refractivity contribution < 1.29 is 13.9 Å². The summed E-state index contributed by atoms with van der Waals surface area (Å²) in [5.41, 5.74) is 0.0242. The van der Waals surface area contributed by atoms with Gasteiger partial charge in [-0.15, -0.1) is 0 Å². The summed E-state index contributed by atoms with van der Waals surface area (Å²) in [7, 11) is 0. The molecule has 0 saturated heterocycles. The van der Waals surface area contributed by atoms with E-state index in [1.165, 1.54) is 12.1 Å². The van der Waals surface area contributed by atoms with E-state index in [1.807, 2.05) is 0 Å². The van der Waals surface area contributed by atoms with Crippen LogP contribution in [-0.2, 0) is 6.54 Å². The molecule has 0 amide bonds. The van der Waals surface area contributed by atoms with E-state index in [0.717, 1.165) is 0 Å². The highest BCUT2D eigenvalue weighted by Crippen LogP contribution is 2.19.